The van der Waals surface area contributed by atoms with Crippen molar-refractivity contribution in [2.75, 3.05) is 17.7 Å². The summed E-state index contributed by atoms with van der Waals surface area (Å²) in [5, 5.41) is 0.316. The highest BCUT2D eigenvalue weighted by Gasteiger charge is 2.19. The fourth-order valence-corrected chi connectivity index (χ4v) is 2.17. The molecule has 2 aromatic carbocycles. The predicted octanol–water partition coefficient (Wildman–Crippen LogP) is 3.99. The van der Waals surface area contributed by atoms with Crippen molar-refractivity contribution >= 4 is 40.5 Å². The number of amides is 1. The van der Waals surface area contributed by atoms with Gasteiger partial charge in [-0.2, -0.15) is 0 Å². The number of carbonyl (C=O) groups is 1. The normalized spacial score (nSPS) is 10.4. The van der Waals surface area contributed by atoms with Crippen molar-refractivity contribution in [2.24, 2.45) is 0 Å². The van der Waals surface area contributed by atoms with Crippen LogP contribution in [0.25, 0.3) is 0 Å². The largest absolute Gasteiger partial charge is 0.399 e. The SMILES string of the molecule is CN(C(=O)c1cc(N)cc(Cl)c1Cl)c1cccc(F)c1. The molecule has 2 rings (SSSR count). The molecule has 0 aliphatic heterocycles. The van der Waals surface area contributed by atoms with Crippen molar-refractivity contribution in [1.29, 1.82) is 0 Å². The van der Waals surface area contributed by atoms with Gasteiger partial charge in [-0.05, 0) is 30.3 Å². The van der Waals surface area contributed by atoms with Crippen molar-refractivity contribution in [1.82, 2.24) is 0 Å². The Kier molecular flexibility index (Phi) is 4.16. The van der Waals surface area contributed by atoms with Crippen molar-refractivity contribution in [3.8, 4) is 0 Å². The number of halogens is 3. The summed E-state index contributed by atoms with van der Waals surface area (Å²) < 4.78 is 13.2. The molecule has 104 valence electrons. The maximum absolute atomic E-state index is 13.2. The molecule has 0 bridgehead atoms. The molecule has 0 radical (unpaired) electrons. The van der Waals surface area contributed by atoms with Crippen LogP contribution in [0.2, 0.25) is 10.0 Å². The van der Waals surface area contributed by atoms with E-state index in [1.165, 1.54) is 42.3 Å². The summed E-state index contributed by atoms with van der Waals surface area (Å²) in [4.78, 5) is 13.7. The van der Waals surface area contributed by atoms with Crippen LogP contribution in [0.1, 0.15) is 10.4 Å². The van der Waals surface area contributed by atoms with Crippen molar-refractivity contribution in [3.63, 3.8) is 0 Å². The average Bonchev–Trinajstić information content (AvgIpc) is 2.41. The molecule has 3 nitrogen and oxygen atoms in total. The third-order valence-electron chi connectivity index (χ3n) is 2.78. The van der Waals surface area contributed by atoms with E-state index in [0.29, 0.717) is 11.4 Å². The van der Waals surface area contributed by atoms with Crippen LogP contribution in [-0.2, 0) is 0 Å². The Morgan fingerprint density at radius 1 is 1.25 bits per heavy atom. The lowest BCUT2D eigenvalue weighted by Gasteiger charge is -2.18. The number of nitrogens with two attached hydrogens (primary N) is 1. The number of hydrogen-bond donors (Lipinski definition) is 1. The minimum absolute atomic E-state index is 0.120. The second-order valence-corrected chi connectivity index (χ2v) is 4.99. The molecule has 0 saturated carbocycles. The molecule has 0 atom stereocenters. The first-order chi connectivity index (χ1) is 9.40. The lowest BCUT2D eigenvalue weighted by atomic mass is 10.1. The van der Waals surface area contributed by atoms with Crippen LogP contribution in [0.4, 0.5) is 15.8 Å². The average molecular weight is 313 g/mol. The van der Waals surface area contributed by atoms with Gasteiger partial charge < -0.3 is 10.6 Å². The van der Waals surface area contributed by atoms with Gasteiger partial charge in [-0.1, -0.05) is 29.3 Å². The molecule has 0 saturated heterocycles. The monoisotopic (exact) mass is 312 g/mol. The minimum Gasteiger partial charge on any atom is -0.399 e. The lowest BCUT2D eigenvalue weighted by molar-refractivity contribution is 0.0993. The summed E-state index contributed by atoms with van der Waals surface area (Å²) in [7, 11) is 1.52. The van der Waals surface area contributed by atoms with Gasteiger partial charge in [-0.25, -0.2) is 4.39 Å². The van der Waals surface area contributed by atoms with Crippen LogP contribution in [0, 0.1) is 5.82 Å². The van der Waals surface area contributed by atoms with Gasteiger partial charge in [-0.3, -0.25) is 4.79 Å². The number of nitrogens with zero attached hydrogens (tertiary/aromatic N) is 1. The highest BCUT2D eigenvalue weighted by atomic mass is 35.5. The van der Waals surface area contributed by atoms with Crippen molar-refractivity contribution < 1.29 is 9.18 Å². The van der Waals surface area contributed by atoms with E-state index in [0.717, 1.165) is 0 Å². The first kappa shape index (κ1) is 14.6. The first-order valence-electron chi connectivity index (χ1n) is 5.68. The van der Waals surface area contributed by atoms with E-state index in [1.54, 1.807) is 6.07 Å². The quantitative estimate of drug-likeness (QED) is 0.852. The van der Waals surface area contributed by atoms with Crippen LogP contribution in [0.3, 0.4) is 0 Å². The van der Waals surface area contributed by atoms with Gasteiger partial charge >= 0.3 is 0 Å². The van der Waals surface area contributed by atoms with Gasteiger partial charge in [0.05, 0.1) is 15.6 Å². The Hall–Kier alpha value is -1.78. The molecule has 0 aliphatic carbocycles. The van der Waals surface area contributed by atoms with E-state index in [4.69, 9.17) is 28.9 Å². The zero-order valence-electron chi connectivity index (χ0n) is 10.5. The molecular formula is C14H11Cl2FN2O. The van der Waals surface area contributed by atoms with E-state index < -0.39 is 11.7 Å². The maximum atomic E-state index is 13.2. The zero-order valence-corrected chi connectivity index (χ0v) is 12.0. The second-order valence-electron chi connectivity index (χ2n) is 4.21. The molecule has 2 N–H and O–H groups in total. The summed E-state index contributed by atoms with van der Waals surface area (Å²) in [5.74, 6) is -0.853. The molecule has 0 aliphatic rings. The van der Waals surface area contributed by atoms with Crippen LogP contribution in [0.5, 0.6) is 0 Å². The molecular weight excluding hydrogens is 302 g/mol. The fraction of sp³-hybridized carbons (Fsp3) is 0.0714. The first-order valence-corrected chi connectivity index (χ1v) is 6.44. The number of rotatable bonds is 2. The number of carbonyl (C=O) groups excluding carboxylic acids is 1. The van der Waals surface area contributed by atoms with E-state index >= 15 is 0 Å². The Balaban J connectivity index is 2.41. The molecule has 0 fully saturated rings. The summed E-state index contributed by atoms with van der Waals surface area (Å²) in [5.41, 5.74) is 6.56. The highest BCUT2D eigenvalue weighted by molar-refractivity contribution is 6.44. The maximum Gasteiger partial charge on any atom is 0.259 e. The standard InChI is InChI=1S/C14H11Cl2FN2O/c1-19(10-4-2-3-8(17)5-10)14(20)11-6-9(18)7-12(15)13(11)16/h2-7H,18H2,1H3. The van der Waals surface area contributed by atoms with E-state index in [9.17, 15) is 9.18 Å². The molecule has 2 aromatic rings. The Morgan fingerprint density at radius 3 is 2.60 bits per heavy atom. The van der Waals surface area contributed by atoms with E-state index in [2.05, 4.69) is 0 Å². The highest BCUT2D eigenvalue weighted by Crippen LogP contribution is 2.30. The number of benzene rings is 2. The molecule has 6 heteroatoms. The number of anilines is 2. The van der Waals surface area contributed by atoms with Crippen LogP contribution >= 0.6 is 23.2 Å². The van der Waals surface area contributed by atoms with Crippen molar-refractivity contribution in [3.05, 3.63) is 57.8 Å². The lowest BCUT2D eigenvalue weighted by Crippen LogP contribution is -2.26. The number of nitrogen functional groups attached to an aromatic ring is 1. The summed E-state index contributed by atoms with van der Waals surface area (Å²) in [6.07, 6.45) is 0. The zero-order chi connectivity index (χ0) is 14.9. The van der Waals surface area contributed by atoms with Crippen LogP contribution < -0.4 is 10.6 Å². The third kappa shape index (κ3) is 2.86. The van der Waals surface area contributed by atoms with Gasteiger partial charge in [-0.15, -0.1) is 0 Å². The third-order valence-corrected chi connectivity index (χ3v) is 3.58. The predicted molar refractivity (Wildman–Crippen MR) is 80.0 cm³/mol. The van der Waals surface area contributed by atoms with Crippen LogP contribution in [-0.4, -0.2) is 13.0 Å². The molecule has 0 spiro atoms. The van der Waals surface area contributed by atoms with Gasteiger partial charge in [0.2, 0.25) is 0 Å². The Bertz CT molecular complexity index is 676. The van der Waals surface area contributed by atoms with E-state index in [-0.39, 0.29) is 15.6 Å². The minimum atomic E-state index is -0.432. The summed E-state index contributed by atoms with van der Waals surface area (Å²) >= 11 is 11.9. The summed E-state index contributed by atoms with van der Waals surface area (Å²) in [6.45, 7) is 0. The second kappa shape index (κ2) is 5.69. The van der Waals surface area contributed by atoms with Crippen LogP contribution in [0.15, 0.2) is 36.4 Å². The van der Waals surface area contributed by atoms with Gasteiger partial charge in [0.15, 0.2) is 0 Å². The fourth-order valence-electron chi connectivity index (χ4n) is 1.75. The molecule has 1 amide bonds. The van der Waals surface area contributed by atoms with Gasteiger partial charge in [0.1, 0.15) is 5.82 Å². The van der Waals surface area contributed by atoms with Gasteiger partial charge in [0.25, 0.3) is 5.91 Å². The molecule has 0 heterocycles. The Morgan fingerprint density at radius 2 is 1.95 bits per heavy atom. The van der Waals surface area contributed by atoms with E-state index in [1.807, 2.05) is 0 Å². The number of hydrogen-bond acceptors (Lipinski definition) is 2. The molecule has 0 aromatic heterocycles. The molecule has 20 heavy (non-hydrogen) atoms. The topological polar surface area (TPSA) is 46.3 Å². The smallest absolute Gasteiger partial charge is 0.259 e. The Labute approximate surface area is 125 Å². The summed E-state index contributed by atoms with van der Waals surface area (Å²) in [6, 6.07) is 8.58. The molecule has 0 unspecified atom stereocenters. The van der Waals surface area contributed by atoms with Crippen molar-refractivity contribution in [2.45, 2.75) is 0 Å². The van der Waals surface area contributed by atoms with Gasteiger partial charge in [0, 0.05) is 18.4 Å².